The van der Waals surface area contributed by atoms with Gasteiger partial charge in [-0.3, -0.25) is 0 Å². The van der Waals surface area contributed by atoms with Crippen LogP contribution >= 0.6 is 11.6 Å². The summed E-state index contributed by atoms with van der Waals surface area (Å²) in [4.78, 5) is 10.7. The molecule has 1 aromatic heterocycles. The zero-order valence-electron chi connectivity index (χ0n) is 9.84. The Morgan fingerprint density at radius 2 is 2.21 bits per heavy atom. The zero-order chi connectivity index (χ0) is 13.8. The number of furan rings is 1. The molecule has 0 radical (unpaired) electrons. The summed E-state index contributed by atoms with van der Waals surface area (Å²) < 4.78 is 5.15. The van der Waals surface area contributed by atoms with Gasteiger partial charge < -0.3 is 9.52 Å². The van der Waals surface area contributed by atoms with E-state index >= 15 is 0 Å². The molecule has 0 aliphatic rings. The van der Waals surface area contributed by atoms with Gasteiger partial charge in [0.1, 0.15) is 11.7 Å². The lowest BCUT2D eigenvalue weighted by Crippen LogP contribution is -1.99. The molecule has 0 spiro atoms. The highest BCUT2D eigenvalue weighted by molar-refractivity contribution is 6.30. The standard InChI is InChI=1S/C14H10ClNO3/c15-11-3-1-2-9(7-11)6-10(8-16)12-4-5-13(19-12)14(17)18/h1-5,7,10H,6H2,(H,17,18). The van der Waals surface area contributed by atoms with Crippen molar-refractivity contribution in [3.63, 3.8) is 0 Å². The Balaban J connectivity index is 2.20. The predicted molar refractivity (Wildman–Crippen MR) is 69.2 cm³/mol. The van der Waals surface area contributed by atoms with Gasteiger partial charge >= 0.3 is 5.97 Å². The Bertz CT molecular complexity index is 642. The van der Waals surface area contributed by atoms with Crippen LogP contribution in [0.25, 0.3) is 0 Å². The Hall–Kier alpha value is -2.25. The molecule has 4 nitrogen and oxygen atoms in total. The van der Waals surface area contributed by atoms with Gasteiger partial charge in [0.05, 0.1) is 6.07 Å². The number of nitriles is 1. The molecule has 0 bridgehead atoms. The number of nitrogens with zero attached hydrogens (tertiary/aromatic N) is 1. The van der Waals surface area contributed by atoms with Crippen LogP contribution in [-0.4, -0.2) is 11.1 Å². The van der Waals surface area contributed by atoms with Crippen LogP contribution in [0.5, 0.6) is 0 Å². The molecule has 0 saturated carbocycles. The fourth-order valence-corrected chi connectivity index (χ4v) is 1.98. The van der Waals surface area contributed by atoms with Crippen LogP contribution in [0.3, 0.4) is 0 Å². The molecule has 19 heavy (non-hydrogen) atoms. The molecule has 0 aliphatic carbocycles. The first-order valence-electron chi connectivity index (χ1n) is 5.57. The van der Waals surface area contributed by atoms with Crippen molar-refractivity contribution >= 4 is 17.6 Å². The summed E-state index contributed by atoms with van der Waals surface area (Å²) in [7, 11) is 0. The largest absolute Gasteiger partial charge is 0.475 e. The van der Waals surface area contributed by atoms with E-state index in [9.17, 15) is 4.79 Å². The van der Waals surface area contributed by atoms with Crippen LogP contribution in [0.4, 0.5) is 0 Å². The minimum Gasteiger partial charge on any atom is -0.475 e. The molecule has 0 amide bonds. The number of aromatic carboxylic acids is 1. The fraction of sp³-hybridized carbons (Fsp3) is 0.143. The predicted octanol–water partition coefficient (Wildman–Crippen LogP) is 3.48. The highest BCUT2D eigenvalue weighted by Gasteiger charge is 2.18. The van der Waals surface area contributed by atoms with Crippen molar-refractivity contribution in [3.05, 3.63) is 58.5 Å². The number of benzene rings is 1. The number of rotatable bonds is 4. The molecular formula is C14H10ClNO3. The molecule has 0 fully saturated rings. The second kappa shape index (κ2) is 5.59. The fourth-order valence-electron chi connectivity index (χ4n) is 1.76. The first kappa shape index (κ1) is 13.2. The van der Waals surface area contributed by atoms with Gasteiger partial charge in [-0.25, -0.2) is 4.79 Å². The summed E-state index contributed by atoms with van der Waals surface area (Å²) in [6, 6.07) is 12.2. The molecule has 2 aromatic rings. The third-order valence-corrected chi connectivity index (χ3v) is 2.90. The third kappa shape index (κ3) is 3.15. The monoisotopic (exact) mass is 275 g/mol. The number of carboxylic acid groups (broad SMARTS) is 1. The first-order valence-corrected chi connectivity index (χ1v) is 5.95. The first-order chi connectivity index (χ1) is 9.10. The van der Waals surface area contributed by atoms with Gasteiger partial charge in [0.2, 0.25) is 5.76 Å². The lowest BCUT2D eigenvalue weighted by Gasteiger charge is -2.06. The number of halogens is 1. The van der Waals surface area contributed by atoms with E-state index in [1.54, 1.807) is 18.2 Å². The SMILES string of the molecule is N#CC(Cc1cccc(Cl)c1)c1ccc(C(=O)O)o1. The zero-order valence-corrected chi connectivity index (χ0v) is 10.6. The number of hydrogen-bond acceptors (Lipinski definition) is 3. The number of carbonyl (C=O) groups is 1. The van der Waals surface area contributed by atoms with Crippen molar-refractivity contribution in [3.8, 4) is 6.07 Å². The summed E-state index contributed by atoms with van der Waals surface area (Å²) in [5.74, 6) is -1.50. The van der Waals surface area contributed by atoms with Gasteiger partial charge in [0.15, 0.2) is 0 Å². The molecule has 0 aliphatic heterocycles. The van der Waals surface area contributed by atoms with E-state index in [1.807, 2.05) is 6.07 Å². The van der Waals surface area contributed by atoms with Crippen molar-refractivity contribution in [1.82, 2.24) is 0 Å². The summed E-state index contributed by atoms with van der Waals surface area (Å²) >= 11 is 5.88. The third-order valence-electron chi connectivity index (χ3n) is 2.67. The summed E-state index contributed by atoms with van der Waals surface area (Å²) in [5, 5.41) is 18.5. The van der Waals surface area contributed by atoms with Crippen molar-refractivity contribution in [1.29, 1.82) is 5.26 Å². The smallest absolute Gasteiger partial charge is 0.371 e. The number of carboxylic acids is 1. The Labute approximate surface area is 114 Å². The lowest BCUT2D eigenvalue weighted by atomic mass is 9.98. The van der Waals surface area contributed by atoms with E-state index in [2.05, 4.69) is 6.07 Å². The average molecular weight is 276 g/mol. The normalized spacial score (nSPS) is 11.8. The molecule has 0 saturated heterocycles. The van der Waals surface area contributed by atoms with Crippen molar-refractivity contribution in [2.75, 3.05) is 0 Å². The second-order valence-electron chi connectivity index (χ2n) is 4.02. The molecule has 1 aromatic carbocycles. The van der Waals surface area contributed by atoms with Crippen molar-refractivity contribution in [2.24, 2.45) is 0 Å². The maximum atomic E-state index is 10.7. The molecule has 2 rings (SSSR count). The molecule has 5 heteroatoms. The van der Waals surface area contributed by atoms with Gasteiger partial charge in [-0.2, -0.15) is 5.26 Å². The van der Waals surface area contributed by atoms with E-state index in [1.165, 1.54) is 12.1 Å². The van der Waals surface area contributed by atoms with Crippen LogP contribution in [0.1, 0.15) is 27.8 Å². The highest BCUT2D eigenvalue weighted by Crippen LogP contribution is 2.23. The Kier molecular flexibility index (Phi) is 3.88. The second-order valence-corrected chi connectivity index (χ2v) is 4.46. The summed E-state index contributed by atoms with van der Waals surface area (Å²) in [6.45, 7) is 0. The minimum absolute atomic E-state index is 0.165. The van der Waals surface area contributed by atoms with E-state index in [0.717, 1.165) is 5.56 Å². The van der Waals surface area contributed by atoms with Crippen LogP contribution in [0.2, 0.25) is 5.02 Å². The van der Waals surface area contributed by atoms with Crippen LogP contribution in [-0.2, 0) is 6.42 Å². The number of hydrogen-bond donors (Lipinski definition) is 1. The van der Waals surface area contributed by atoms with E-state index < -0.39 is 11.9 Å². The lowest BCUT2D eigenvalue weighted by molar-refractivity contribution is 0.0660. The topological polar surface area (TPSA) is 74.2 Å². The van der Waals surface area contributed by atoms with Gasteiger partial charge in [-0.05, 0) is 36.2 Å². The minimum atomic E-state index is -1.15. The summed E-state index contributed by atoms with van der Waals surface area (Å²) in [5.41, 5.74) is 0.896. The Morgan fingerprint density at radius 1 is 1.42 bits per heavy atom. The summed E-state index contributed by atoms with van der Waals surface area (Å²) in [6.07, 6.45) is 0.420. The van der Waals surface area contributed by atoms with Crippen molar-refractivity contribution < 1.29 is 14.3 Å². The molecule has 96 valence electrons. The van der Waals surface area contributed by atoms with Crippen LogP contribution < -0.4 is 0 Å². The van der Waals surface area contributed by atoms with Gasteiger partial charge in [-0.1, -0.05) is 23.7 Å². The van der Waals surface area contributed by atoms with Gasteiger partial charge in [-0.15, -0.1) is 0 Å². The molecule has 1 N–H and O–H groups in total. The highest BCUT2D eigenvalue weighted by atomic mass is 35.5. The van der Waals surface area contributed by atoms with E-state index in [4.69, 9.17) is 26.4 Å². The van der Waals surface area contributed by atoms with Crippen LogP contribution in [0, 0.1) is 11.3 Å². The van der Waals surface area contributed by atoms with Crippen molar-refractivity contribution in [2.45, 2.75) is 12.3 Å². The average Bonchev–Trinajstić information content (AvgIpc) is 2.85. The van der Waals surface area contributed by atoms with Crippen LogP contribution in [0.15, 0.2) is 40.8 Å². The van der Waals surface area contributed by atoms with E-state index in [0.29, 0.717) is 17.2 Å². The molecular weight excluding hydrogens is 266 g/mol. The maximum Gasteiger partial charge on any atom is 0.371 e. The van der Waals surface area contributed by atoms with Gasteiger partial charge in [0.25, 0.3) is 0 Å². The quantitative estimate of drug-likeness (QED) is 0.927. The van der Waals surface area contributed by atoms with Gasteiger partial charge in [0, 0.05) is 5.02 Å². The molecule has 1 atom stereocenters. The molecule has 1 unspecified atom stereocenters. The maximum absolute atomic E-state index is 10.7. The molecule has 1 heterocycles. The van der Waals surface area contributed by atoms with E-state index in [-0.39, 0.29) is 5.76 Å². The Morgan fingerprint density at radius 3 is 2.79 bits per heavy atom.